The zero-order valence-corrected chi connectivity index (χ0v) is 16.2. The molecule has 1 N–H and O–H groups in total. The Morgan fingerprint density at radius 3 is 2.75 bits per heavy atom. The van der Waals surface area contributed by atoms with Gasteiger partial charge in [0.05, 0.1) is 36.2 Å². The maximum Gasteiger partial charge on any atom is 0.0964 e. The van der Waals surface area contributed by atoms with E-state index in [9.17, 15) is 0 Å². The van der Waals surface area contributed by atoms with Crippen LogP contribution in [0.3, 0.4) is 0 Å². The summed E-state index contributed by atoms with van der Waals surface area (Å²) in [7, 11) is 0. The highest BCUT2D eigenvalue weighted by Crippen LogP contribution is 2.33. The Hall–Kier alpha value is -3.41. The summed E-state index contributed by atoms with van der Waals surface area (Å²) in [6.07, 6.45) is 8.53. The lowest BCUT2D eigenvalue weighted by molar-refractivity contribution is 0.542. The molecule has 0 fully saturated rings. The van der Waals surface area contributed by atoms with E-state index in [0.29, 0.717) is 6.54 Å². The van der Waals surface area contributed by atoms with Gasteiger partial charge in [-0.05, 0) is 19.9 Å². The first-order valence-corrected chi connectivity index (χ1v) is 9.42. The van der Waals surface area contributed by atoms with Crippen LogP contribution in [0, 0.1) is 6.92 Å². The molecule has 1 atom stereocenters. The Morgan fingerprint density at radius 1 is 1.21 bits per heavy atom. The van der Waals surface area contributed by atoms with Crippen LogP contribution in [-0.4, -0.2) is 29.5 Å². The molecule has 1 unspecified atom stereocenters. The van der Waals surface area contributed by atoms with Crippen LogP contribution < -0.4 is 0 Å². The summed E-state index contributed by atoms with van der Waals surface area (Å²) in [5.41, 5.74) is 6.29. The van der Waals surface area contributed by atoms with E-state index in [2.05, 4.69) is 51.6 Å². The highest BCUT2D eigenvalue weighted by atomic mass is 15.3. The fourth-order valence-electron chi connectivity index (χ4n) is 3.49. The molecular weight excluding hydrogens is 348 g/mol. The van der Waals surface area contributed by atoms with Gasteiger partial charge in [-0.25, -0.2) is 4.98 Å². The molecule has 0 spiro atoms. The van der Waals surface area contributed by atoms with E-state index in [1.54, 1.807) is 0 Å². The number of allylic oxidation sites excluding steroid dienone is 1. The van der Waals surface area contributed by atoms with Crippen molar-refractivity contribution in [2.24, 2.45) is 0 Å². The molecule has 1 aromatic carbocycles. The predicted octanol–water partition coefficient (Wildman–Crippen LogP) is 4.43. The molecule has 0 aliphatic heterocycles. The Kier molecular flexibility index (Phi) is 4.93. The van der Waals surface area contributed by atoms with Crippen LogP contribution in [0.1, 0.15) is 24.4 Å². The minimum atomic E-state index is 0.199. The van der Waals surface area contributed by atoms with Gasteiger partial charge in [-0.2, -0.15) is 10.2 Å². The molecule has 4 rings (SSSR count). The second-order valence-corrected chi connectivity index (χ2v) is 7.05. The number of aromatic amines is 1. The lowest BCUT2D eigenvalue weighted by Crippen LogP contribution is -2.09. The molecular formula is C22H24N6. The van der Waals surface area contributed by atoms with E-state index in [1.807, 2.05) is 54.6 Å². The molecule has 3 heterocycles. The van der Waals surface area contributed by atoms with Crippen LogP contribution in [0.5, 0.6) is 0 Å². The zero-order valence-electron chi connectivity index (χ0n) is 16.2. The molecule has 3 aromatic heterocycles. The molecule has 0 saturated heterocycles. The van der Waals surface area contributed by atoms with E-state index in [4.69, 9.17) is 4.98 Å². The summed E-state index contributed by atoms with van der Waals surface area (Å²) in [6, 6.07) is 12.6. The molecule has 6 heteroatoms. The highest BCUT2D eigenvalue weighted by Gasteiger charge is 2.20. The van der Waals surface area contributed by atoms with Crippen molar-refractivity contribution < 1.29 is 0 Å². The molecule has 142 valence electrons. The molecule has 0 amide bonds. The molecule has 0 aliphatic rings. The van der Waals surface area contributed by atoms with Gasteiger partial charge in [0.2, 0.25) is 0 Å². The van der Waals surface area contributed by atoms with Gasteiger partial charge < -0.3 is 4.57 Å². The third-order valence-corrected chi connectivity index (χ3v) is 4.80. The Balaban J connectivity index is 1.77. The van der Waals surface area contributed by atoms with Crippen molar-refractivity contribution in [3.63, 3.8) is 0 Å². The summed E-state index contributed by atoms with van der Waals surface area (Å²) < 4.78 is 4.11. The van der Waals surface area contributed by atoms with E-state index in [-0.39, 0.29) is 6.04 Å². The summed E-state index contributed by atoms with van der Waals surface area (Å²) in [6.45, 7) is 8.69. The number of rotatable bonds is 7. The second-order valence-electron chi connectivity index (χ2n) is 7.05. The summed E-state index contributed by atoms with van der Waals surface area (Å²) in [5.74, 6) is 0. The number of aryl methyl sites for hydroxylation is 1. The summed E-state index contributed by atoms with van der Waals surface area (Å²) >= 11 is 0. The van der Waals surface area contributed by atoms with Gasteiger partial charge in [0, 0.05) is 35.5 Å². The monoisotopic (exact) mass is 372 g/mol. The number of nitrogens with one attached hydrogen (secondary N) is 1. The average Bonchev–Trinajstić information content (AvgIpc) is 3.42. The van der Waals surface area contributed by atoms with Crippen molar-refractivity contribution in [1.82, 2.24) is 29.5 Å². The molecule has 0 aliphatic carbocycles. The normalized spacial score (nSPS) is 12.2. The van der Waals surface area contributed by atoms with E-state index in [1.165, 1.54) is 0 Å². The molecule has 28 heavy (non-hydrogen) atoms. The molecule has 0 bridgehead atoms. The summed E-state index contributed by atoms with van der Waals surface area (Å²) in [4.78, 5) is 4.76. The SMILES string of the molecule is C=CCn1cc(-c2c(-c3ccccc3)ncn2C(C)Cc2cc(C)[nH]n2)cn1. The predicted molar refractivity (Wildman–Crippen MR) is 111 cm³/mol. The van der Waals surface area contributed by atoms with Gasteiger partial charge in [0.1, 0.15) is 0 Å². The van der Waals surface area contributed by atoms with Crippen molar-refractivity contribution in [2.75, 3.05) is 0 Å². The topological polar surface area (TPSA) is 64.3 Å². The number of imidazole rings is 1. The van der Waals surface area contributed by atoms with Crippen LogP contribution in [0.4, 0.5) is 0 Å². The van der Waals surface area contributed by atoms with Crippen molar-refractivity contribution in [3.8, 4) is 22.5 Å². The molecule has 4 aromatic rings. The van der Waals surface area contributed by atoms with Crippen LogP contribution in [-0.2, 0) is 13.0 Å². The Bertz CT molecular complexity index is 1070. The lowest BCUT2D eigenvalue weighted by Gasteiger charge is -2.16. The van der Waals surface area contributed by atoms with Gasteiger partial charge in [-0.3, -0.25) is 9.78 Å². The maximum atomic E-state index is 4.76. The highest BCUT2D eigenvalue weighted by molar-refractivity contribution is 5.78. The smallest absolute Gasteiger partial charge is 0.0964 e. The molecule has 0 radical (unpaired) electrons. The third-order valence-electron chi connectivity index (χ3n) is 4.80. The second kappa shape index (κ2) is 7.68. The van der Waals surface area contributed by atoms with Crippen LogP contribution in [0.25, 0.3) is 22.5 Å². The number of hydrogen-bond acceptors (Lipinski definition) is 3. The number of hydrogen-bond donors (Lipinski definition) is 1. The van der Waals surface area contributed by atoms with Crippen molar-refractivity contribution in [3.05, 3.63) is 79.2 Å². The number of H-pyrrole nitrogens is 1. The van der Waals surface area contributed by atoms with Crippen molar-refractivity contribution in [1.29, 1.82) is 0 Å². The maximum absolute atomic E-state index is 4.76. The van der Waals surface area contributed by atoms with Crippen LogP contribution in [0.2, 0.25) is 0 Å². The van der Waals surface area contributed by atoms with E-state index in [0.717, 1.165) is 40.3 Å². The average molecular weight is 372 g/mol. The standard InChI is InChI=1S/C22H24N6/c1-4-10-27-14-19(13-24-27)22-21(18-8-6-5-7-9-18)23-15-28(22)17(3)12-20-11-16(2)25-26-20/h4-9,11,13-15,17H,1,10,12H2,2-3H3,(H,25,26). The number of aromatic nitrogens is 6. The first kappa shape index (κ1) is 18.0. The Morgan fingerprint density at radius 2 is 2.04 bits per heavy atom. The largest absolute Gasteiger partial charge is 0.327 e. The van der Waals surface area contributed by atoms with Crippen molar-refractivity contribution in [2.45, 2.75) is 32.9 Å². The first-order valence-electron chi connectivity index (χ1n) is 9.42. The Labute approximate surface area is 164 Å². The van der Waals surface area contributed by atoms with Gasteiger partial charge in [-0.1, -0.05) is 36.4 Å². The van der Waals surface area contributed by atoms with Crippen LogP contribution in [0.15, 0.2) is 67.8 Å². The first-order chi connectivity index (χ1) is 13.7. The molecule has 6 nitrogen and oxygen atoms in total. The fourth-order valence-corrected chi connectivity index (χ4v) is 3.49. The minimum absolute atomic E-state index is 0.199. The van der Waals surface area contributed by atoms with Crippen molar-refractivity contribution >= 4 is 0 Å². The van der Waals surface area contributed by atoms with Gasteiger partial charge in [0.15, 0.2) is 0 Å². The number of nitrogens with zero attached hydrogens (tertiary/aromatic N) is 5. The van der Waals surface area contributed by atoms with Gasteiger partial charge in [-0.15, -0.1) is 6.58 Å². The lowest BCUT2D eigenvalue weighted by atomic mass is 10.1. The van der Waals surface area contributed by atoms with Gasteiger partial charge >= 0.3 is 0 Å². The van der Waals surface area contributed by atoms with Crippen LogP contribution >= 0.6 is 0 Å². The molecule has 0 saturated carbocycles. The quantitative estimate of drug-likeness (QED) is 0.488. The van der Waals surface area contributed by atoms with Gasteiger partial charge in [0.25, 0.3) is 0 Å². The van der Waals surface area contributed by atoms with E-state index >= 15 is 0 Å². The summed E-state index contributed by atoms with van der Waals surface area (Å²) in [5, 5.41) is 11.9. The minimum Gasteiger partial charge on any atom is -0.327 e. The number of benzene rings is 1. The third kappa shape index (κ3) is 3.53. The zero-order chi connectivity index (χ0) is 19.5. The van der Waals surface area contributed by atoms with E-state index < -0.39 is 0 Å². The fraction of sp³-hybridized carbons (Fsp3) is 0.227.